The molecule has 1 unspecified atom stereocenters. The maximum absolute atomic E-state index is 13.0. The van der Waals surface area contributed by atoms with Gasteiger partial charge in [0.05, 0.1) is 16.6 Å². The number of esters is 1. The average molecular weight is 377 g/mol. The van der Waals surface area contributed by atoms with E-state index in [0.717, 1.165) is 37.0 Å². The molecule has 0 radical (unpaired) electrons. The van der Waals surface area contributed by atoms with Gasteiger partial charge in [-0.05, 0) is 44.6 Å². The normalized spacial score (nSPS) is 16.5. The summed E-state index contributed by atoms with van der Waals surface area (Å²) >= 11 is 1.10. The summed E-state index contributed by atoms with van der Waals surface area (Å²) in [6.45, 7) is 3.51. The van der Waals surface area contributed by atoms with Crippen LogP contribution in [-0.4, -0.2) is 27.5 Å². The van der Waals surface area contributed by atoms with Crippen molar-refractivity contribution in [3.63, 3.8) is 0 Å². The van der Waals surface area contributed by atoms with Crippen LogP contribution in [0.2, 0.25) is 0 Å². The lowest BCUT2D eigenvalue weighted by Crippen LogP contribution is -2.33. The van der Waals surface area contributed by atoms with Crippen LogP contribution in [0.4, 0.5) is 0 Å². The molecule has 0 spiro atoms. The highest BCUT2D eigenvalue weighted by Gasteiger charge is 2.27. The van der Waals surface area contributed by atoms with Crippen molar-refractivity contribution >= 4 is 33.4 Å². The summed E-state index contributed by atoms with van der Waals surface area (Å²) in [4.78, 5) is 42.2. The van der Waals surface area contributed by atoms with Crippen molar-refractivity contribution in [1.29, 1.82) is 0 Å². The Labute approximate surface area is 155 Å². The van der Waals surface area contributed by atoms with Crippen molar-refractivity contribution in [3.05, 3.63) is 27.1 Å². The molecular weight excluding hydrogens is 354 g/mol. The van der Waals surface area contributed by atoms with Crippen LogP contribution in [0.1, 0.15) is 66.7 Å². The molecule has 2 aromatic rings. The van der Waals surface area contributed by atoms with E-state index in [4.69, 9.17) is 10.5 Å². The first-order valence-corrected chi connectivity index (χ1v) is 9.76. The predicted molar refractivity (Wildman–Crippen MR) is 99.4 cm³/mol. The van der Waals surface area contributed by atoms with E-state index in [1.54, 1.807) is 6.92 Å². The Balaban J connectivity index is 1.95. The molecule has 0 aliphatic heterocycles. The second-order valence-electron chi connectivity index (χ2n) is 6.68. The van der Waals surface area contributed by atoms with E-state index in [-0.39, 0.29) is 11.7 Å². The van der Waals surface area contributed by atoms with Gasteiger partial charge in [0.2, 0.25) is 0 Å². The number of nitrogens with two attached hydrogens (primary N) is 1. The third-order valence-electron chi connectivity index (χ3n) is 4.93. The van der Waals surface area contributed by atoms with E-state index in [2.05, 4.69) is 4.98 Å². The molecule has 26 heavy (non-hydrogen) atoms. The number of hydrogen-bond donors (Lipinski definition) is 1. The lowest BCUT2D eigenvalue weighted by atomic mass is 9.98. The number of carbonyl (C=O) groups excluding carboxylic acids is 2. The van der Waals surface area contributed by atoms with Gasteiger partial charge >= 0.3 is 5.97 Å². The first-order valence-electron chi connectivity index (χ1n) is 8.94. The minimum Gasteiger partial charge on any atom is -0.461 e. The smallest absolute Gasteiger partial charge is 0.329 e. The molecule has 2 heterocycles. The number of carbonyl (C=O) groups is 2. The fourth-order valence-electron chi connectivity index (χ4n) is 3.50. The second-order valence-corrected chi connectivity index (χ2v) is 7.68. The molecule has 1 saturated carbocycles. The number of nitrogens with zero attached hydrogens (tertiary/aromatic N) is 2. The highest BCUT2D eigenvalue weighted by atomic mass is 32.1. The number of fused-ring (bicyclic) bond motifs is 1. The van der Waals surface area contributed by atoms with E-state index < -0.39 is 17.9 Å². The van der Waals surface area contributed by atoms with Crippen molar-refractivity contribution < 1.29 is 14.3 Å². The zero-order chi connectivity index (χ0) is 18.8. The number of aryl methyl sites for hydroxylation is 1. The Hall–Kier alpha value is -2.22. The third-order valence-corrected chi connectivity index (χ3v) is 6.14. The number of thiophene rings is 1. The van der Waals surface area contributed by atoms with Gasteiger partial charge in [-0.15, -0.1) is 11.3 Å². The summed E-state index contributed by atoms with van der Waals surface area (Å²) in [6, 6.07) is -0.724. The molecule has 2 aromatic heterocycles. The van der Waals surface area contributed by atoms with Crippen molar-refractivity contribution in [2.75, 3.05) is 0 Å². The van der Waals surface area contributed by atoms with Gasteiger partial charge in [0, 0.05) is 0 Å². The van der Waals surface area contributed by atoms with Crippen LogP contribution in [-0.2, 0) is 9.53 Å². The molecule has 7 nitrogen and oxygen atoms in total. The Morgan fingerprint density at radius 2 is 2.08 bits per heavy atom. The van der Waals surface area contributed by atoms with Gasteiger partial charge in [0.25, 0.3) is 11.5 Å². The molecule has 0 bridgehead atoms. The Kier molecular flexibility index (Phi) is 5.41. The molecule has 0 saturated heterocycles. The molecule has 2 N–H and O–H groups in total. The van der Waals surface area contributed by atoms with Crippen LogP contribution >= 0.6 is 11.3 Å². The van der Waals surface area contributed by atoms with Gasteiger partial charge in [0.1, 0.15) is 17.0 Å². The van der Waals surface area contributed by atoms with Crippen molar-refractivity contribution in [2.24, 2.45) is 5.73 Å². The molecule has 1 aliphatic carbocycles. The van der Waals surface area contributed by atoms with Crippen molar-refractivity contribution in [2.45, 2.75) is 64.5 Å². The summed E-state index contributed by atoms with van der Waals surface area (Å²) in [5.41, 5.74) is 5.54. The maximum Gasteiger partial charge on any atom is 0.329 e. The molecular formula is C18H23N3O4S. The van der Waals surface area contributed by atoms with Crippen LogP contribution in [0.25, 0.3) is 10.2 Å². The summed E-state index contributed by atoms with van der Waals surface area (Å²) in [7, 11) is 0. The highest BCUT2D eigenvalue weighted by Crippen LogP contribution is 2.27. The summed E-state index contributed by atoms with van der Waals surface area (Å²) < 4.78 is 6.96. The van der Waals surface area contributed by atoms with Crippen molar-refractivity contribution in [3.8, 4) is 0 Å². The number of ether oxygens (including phenoxy) is 1. The SMILES string of the molecule is CCC(C(=O)OC1CCCCC1)n1cnc2sc(C(N)=O)c(C)c2c1=O. The zero-order valence-corrected chi connectivity index (χ0v) is 15.8. The molecule has 1 aliphatic rings. The molecule has 140 valence electrons. The monoisotopic (exact) mass is 377 g/mol. The maximum atomic E-state index is 13.0. The summed E-state index contributed by atoms with van der Waals surface area (Å²) in [6.07, 6.45) is 6.76. The quantitative estimate of drug-likeness (QED) is 0.807. The zero-order valence-electron chi connectivity index (χ0n) is 15.0. The van der Waals surface area contributed by atoms with Gasteiger partial charge in [0.15, 0.2) is 0 Å². The van der Waals surface area contributed by atoms with Crippen LogP contribution in [0.5, 0.6) is 0 Å². The van der Waals surface area contributed by atoms with E-state index in [1.807, 2.05) is 6.92 Å². The summed E-state index contributed by atoms with van der Waals surface area (Å²) in [5, 5.41) is 0.343. The minimum absolute atomic E-state index is 0.0676. The van der Waals surface area contributed by atoms with Gasteiger partial charge in [-0.2, -0.15) is 0 Å². The number of aromatic nitrogens is 2. The predicted octanol–water partition coefficient (Wildman–Crippen LogP) is 2.69. The molecule has 1 fully saturated rings. The standard InChI is InChI=1S/C18H23N3O4S/c1-3-12(18(24)25-11-7-5-4-6-8-11)21-9-20-16-13(17(21)23)10(2)14(26-16)15(19)22/h9,11-12H,3-8H2,1-2H3,(H2,19,22). The Morgan fingerprint density at radius 3 is 2.69 bits per heavy atom. The average Bonchev–Trinajstić information content (AvgIpc) is 2.96. The lowest BCUT2D eigenvalue weighted by Gasteiger charge is -2.25. The van der Waals surface area contributed by atoms with E-state index in [0.29, 0.717) is 27.1 Å². The second kappa shape index (κ2) is 7.57. The highest BCUT2D eigenvalue weighted by molar-refractivity contribution is 7.20. The number of hydrogen-bond acceptors (Lipinski definition) is 6. The van der Waals surface area contributed by atoms with E-state index in [9.17, 15) is 14.4 Å². The first kappa shape index (κ1) is 18.6. The van der Waals surface area contributed by atoms with Gasteiger partial charge < -0.3 is 10.5 Å². The number of rotatable bonds is 5. The molecule has 1 atom stereocenters. The van der Waals surface area contributed by atoms with Crippen LogP contribution in [0.15, 0.2) is 11.1 Å². The first-order chi connectivity index (χ1) is 12.4. The number of primary amides is 1. The fourth-order valence-corrected chi connectivity index (χ4v) is 4.49. The molecule has 1 amide bonds. The lowest BCUT2D eigenvalue weighted by molar-refractivity contribution is -0.154. The minimum atomic E-state index is -0.724. The number of amides is 1. The topological polar surface area (TPSA) is 104 Å². The van der Waals surface area contributed by atoms with E-state index in [1.165, 1.54) is 17.3 Å². The molecule has 0 aromatic carbocycles. The van der Waals surface area contributed by atoms with Gasteiger partial charge in [-0.3, -0.25) is 14.2 Å². The molecule has 8 heteroatoms. The Bertz CT molecular complexity index is 896. The van der Waals surface area contributed by atoms with Crippen molar-refractivity contribution in [1.82, 2.24) is 9.55 Å². The summed E-state index contributed by atoms with van der Waals surface area (Å²) in [5.74, 6) is -0.981. The van der Waals surface area contributed by atoms with E-state index >= 15 is 0 Å². The van der Waals surface area contributed by atoms with Gasteiger partial charge in [-0.25, -0.2) is 9.78 Å². The van der Waals surface area contributed by atoms with Crippen LogP contribution in [0, 0.1) is 6.92 Å². The molecule has 3 rings (SSSR count). The van der Waals surface area contributed by atoms with Crippen LogP contribution < -0.4 is 11.3 Å². The fraction of sp³-hybridized carbons (Fsp3) is 0.556. The van der Waals surface area contributed by atoms with Gasteiger partial charge in [-0.1, -0.05) is 13.3 Å². The third kappa shape index (κ3) is 3.38. The van der Waals surface area contributed by atoms with Crippen LogP contribution in [0.3, 0.4) is 0 Å². The largest absolute Gasteiger partial charge is 0.461 e. The Morgan fingerprint density at radius 1 is 1.38 bits per heavy atom.